The number of anilines is 2. The molecule has 25 heavy (non-hydrogen) atoms. The van der Waals surface area contributed by atoms with Crippen molar-refractivity contribution < 1.29 is 23.5 Å². The number of fused-ring (bicyclic) bond motifs is 1. The number of carbonyl (C=O) groups is 2. The van der Waals surface area contributed by atoms with Gasteiger partial charge in [0, 0.05) is 20.1 Å². The molecule has 1 aromatic carbocycles. The average molecular weight is 354 g/mol. The number of aliphatic carboxylic acids is 1. The van der Waals surface area contributed by atoms with Crippen LogP contribution in [0.3, 0.4) is 0 Å². The van der Waals surface area contributed by atoms with Crippen molar-refractivity contribution in [3.05, 3.63) is 23.3 Å². The number of hydrazine groups is 1. The highest BCUT2D eigenvalue weighted by Gasteiger charge is 2.41. The van der Waals surface area contributed by atoms with Crippen molar-refractivity contribution >= 4 is 23.3 Å². The summed E-state index contributed by atoms with van der Waals surface area (Å²) in [7, 11) is 1.38. The lowest BCUT2D eigenvalue weighted by Gasteiger charge is -2.33. The predicted molar refractivity (Wildman–Crippen MR) is 87.1 cm³/mol. The number of nitrogens with one attached hydrogen (secondary N) is 1. The van der Waals surface area contributed by atoms with Crippen LogP contribution in [0.5, 0.6) is 0 Å². The number of halogens is 2. The first-order valence-electron chi connectivity index (χ1n) is 8.09. The molecule has 1 aromatic rings. The SMILES string of the molecule is CNN1C(=O)C(C(=O)O)Cc2cc(F)c(N3CCC(CN)C3)c(F)c21. The van der Waals surface area contributed by atoms with Crippen LogP contribution < -0.4 is 21.1 Å². The molecule has 2 aliphatic heterocycles. The molecule has 0 aliphatic carbocycles. The van der Waals surface area contributed by atoms with Gasteiger partial charge in [-0.1, -0.05) is 0 Å². The molecule has 0 spiro atoms. The molecule has 2 unspecified atom stereocenters. The molecular formula is C16H20F2N4O3. The van der Waals surface area contributed by atoms with Gasteiger partial charge in [-0.05, 0) is 36.9 Å². The smallest absolute Gasteiger partial charge is 0.316 e. The molecule has 1 amide bonds. The summed E-state index contributed by atoms with van der Waals surface area (Å²) in [5, 5.41) is 10.0. The monoisotopic (exact) mass is 354 g/mol. The largest absolute Gasteiger partial charge is 0.481 e. The van der Waals surface area contributed by atoms with E-state index in [9.17, 15) is 19.1 Å². The van der Waals surface area contributed by atoms with Crippen molar-refractivity contribution in [3.8, 4) is 0 Å². The van der Waals surface area contributed by atoms with Gasteiger partial charge in [-0.3, -0.25) is 9.59 Å². The van der Waals surface area contributed by atoms with Crippen molar-refractivity contribution in [3.63, 3.8) is 0 Å². The number of rotatable bonds is 4. The van der Waals surface area contributed by atoms with Crippen molar-refractivity contribution in [2.45, 2.75) is 12.8 Å². The molecule has 1 saturated heterocycles. The van der Waals surface area contributed by atoms with Gasteiger partial charge in [0.25, 0.3) is 5.91 Å². The third-order valence-electron chi connectivity index (χ3n) is 4.87. The second kappa shape index (κ2) is 6.57. The van der Waals surface area contributed by atoms with Gasteiger partial charge < -0.3 is 15.7 Å². The third kappa shape index (κ3) is 2.83. The van der Waals surface area contributed by atoms with Gasteiger partial charge in [0.2, 0.25) is 0 Å². The van der Waals surface area contributed by atoms with E-state index >= 15 is 4.39 Å². The fraction of sp³-hybridized carbons (Fsp3) is 0.500. The zero-order valence-electron chi connectivity index (χ0n) is 13.8. The fourth-order valence-corrected chi connectivity index (χ4v) is 3.55. The van der Waals surface area contributed by atoms with Crippen LogP contribution in [0.4, 0.5) is 20.2 Å². The van der Waals surface area contributed by atoms with E-state index in [2.05, 4.69) is 5.43 Å². The van der Waals surface area contributed by atoms with Crippen molar-refractivity contribution in [1.82, 2.24) is 5.43 Å². The molecule has 9 heteroatoms. The van der Waals surface area contributed by atoms with Gasteiger partial charge in [0.05, 0.1) is 0 Å². The molecule has 0 bridgehead atoms. The Morgan fingerprint density at radius 1 is 1.44 bits per heavy atom. The maximum absolute atomic E-state index is 15.1. The van der Waals surface area contributed by atoms with E-state index in [1.165, 1.54) is 7.05 Å². The van der Waals surface area contributed by atoms with Crippen LogP contribution in [0, 0.1) is 23.5 Å². The van der Waals surface area contributed by atoms with E-state index in [0.717, 1.165) is 17.5 Å². The highest BCUT2D eigenvalue weighted by molar-refractivity contribution is 6.08. The summed E-state index contributed by atoms with van der Waals surface area (Å²) in [6.45, 7) is 1.35. The van der Waals surface area contributed by atoms with Crippen molar-refractivity contribution in [1.29, 1.82) is 0 Å². The number of amides is 1. The second-order valence-electron chi connectivity index (χ2n) is 6.36. The van der Waals surface area contributed by atoms with Crippen LogP contribution in [0.15, 0.2) is 6.07 Å². The van der Waals surface area contributed by atoms with Crippen LogP contribution in [-0.2, 0) is 16.0 Å². The van der Waals surface area contributed by atoms with Gasteiger partial charge in [-0.25, -0.2) is 19.2 Å². The van der Waals surface area contributed by atoms with Crippen LogP contribution >= 0.6 is 0 Å². The summed E-state index contributed by atoms with van der Waals surface area (Å²) in [5.74, 6) is -4.94. The molecule has 2 aliphatic rings. The summed E-state index contributed by atoms with van der Waals surface area (Å²) in [4.78, 5) is 25.2. The van der Waals surface area contributed by atoms with Crippen LogP contribution in [0.2, 0.25) is 0 Å². The van der Waals surface area contributed by atoms with Gasteiger partial charge in [0.15, 0.2) is 5.82 Å². The first kappa shape index (κ1) is 17.6. The zero-order valence-corrected chi connectivity index (χ0v) is 13.8. The molecule has 0 radical (unpaired) electrons. The lowest BCUT2D eigenvalue weighted by atomic mass is 9.91. The van der Waals surface area contributed by atoms with E-state index in [1.807, 2.05) is 0 Å². The maximum Gasteiger partial charge on any atom is 0.316 e. The number of hydrogen-bond donors (Lipinski definition) is 3. The van der Waals surface area contributed by atoms with Gasteiger partial charge in [0.1, 0.15) is 23.1 Å². The van der Waals surface area contributed by atoms with E-state index < -0.39 is 29.4 Å². The van der Waals surface area contributed by atoms with Crippen LogP contribution in [0.1, 0.15) is 12.0 Å². The minimum Gasteiger partial charge on any atom is -0.481 e. The lowest BCUT2D eigenvalue weighted by Crippen LogP contribution is -2.51. The predicted octanol–water partition coefficient (Wildman–Crippen LogP) is 0.474. The number of carboxylic acids is 1. The Balaban J connectivity index is 2.08. The van der Waals surface area contributed by atoms with E-state index in [0.29, 0.717) is 19.6 Å². The normalized spacial score (nSPS) is 23.1. The summed E-state index contributed by atoms with van der Waals surface area (Å²) in [5.41, 5.74) is 7.98. The molecule has 0 aromatic heterocycles. The Kier molecular flexibility index (Phi) is 4.61. The Morgan fingerprint density at radius 3 is 2.72 bits per heavy atom. The number of carbonyl (C=O) groups excluding carboxylic acids is 1. The molecule has 7 nitrogen and oxygen atoms in total. The van der Waals surface area contributed by atoms with Crippen molar-refractivity contribution in [2.75, 3.05) is 36.6 Å². The van der Waals surface area contributed by atoms with Gasteiger partial charge in [-0.2, -0.15) is 0 Å². The lowest BCUT2D eigenvalue weighted by molar-refractivity contribution is -0.146. The van der Waals surface area contributed by atoms with Crippen LogP contribution in [-0.4, -0.2) is 43.7 Å². The zero-order chi connectivity index (χ0) is 18.3. The van der Waals surface area contributed by atoms with Crippen LogP contribution in [0.25, 0.3) is 0 Å². The average Bonchev–Trinajstić information content (AvgIpc) is 3.03. The number of benzene rings is 1. The Bertz CT molecular complexity index is 728. The Labute approximate surface area is 143 Å². The number of nitrogens with zero attached hydrogens (tertiary/aromatic N) is 2. The number of hydrogen-bond acceptors (Lipinski definition) is 5. The van der Waals surface area contributed by atoms with Crippen molar-refractivity contribution in [2.24, 2.45) is 17.6 Å². The third-order valence-corrected chi connectivity index (χ3v) is 4.87. The molecule has 2 heterocycles. The van der Waals surface area contributed by atoms with Gasteiger partial charge >= 0.3 is 5.97 Å². The van der Waals surface area contributed by atoms with Gasteiger partial charge in [-0.15, -0.1) is 0 Å². The highest BCUT2D eigenvalue weighted by Crippen LogP contribution is 2.40. The first-order chi connectivity index (χ1) is 11.9. The standard InChI is InChI=1S/C16H20F2N4O3/c1-20-22-13-9(4-10(15(22)23)16(24)25)5-11(17)14(12(13)18)21-3-2-8(6-19)7-21/h5,8,10,20H,2-4,6-7,19H2,1H3,(H,24,25). The number of nitrogens with two attached hydrogens (primary N) is 1. The highest BCUT2D eigenvalue weighted by atomic mass is 19.1. The van der Waals surface area contributed by atoms with E-state index in [1.54, 1.807) is 4.90 Å². The summed E-state index contributed by atoms with van der Waals surface area (Å²) in [6.07, 6.45) is 0.490. The topological polar surface area (TPSA) is 98.9 Å². The molecule has 136 valence electrons. The molecule has 4 N–H and O–H groups in total. The van der Waals surface area contributed by atoms with E-state index in [-0.39, 0.29) is 29.3 Å². The molecular weight excluding hydrogens is 334 g/mol. The Hall–Kier alpha value is -2.26. The summed E-state index contributed by atoms with van der Waals surface area (Å²) < 4.78 is 29.7. The minimum absolute atomic E-state index is 0.113. The molecule has 0 saturated carbocycles. The fourth-order valence-electron chi connectivity index (χ4n) is 3.55. The molecule has 1 fully saturated rings. The maximum atomic E-state index is 15.1. The summed E-state index contributed by atoms with van der Waals surface area (Å²) in [6, 6.07) is 1.12. The minimum atomic E-state index is -1.38. The molecule has 2 atom stereocenters. The first-order valence-corrected chi connectivity index (χ1v) is 8.09. The molecule has 3 rings (SSSR count). The second-order valence-corrected chi connectivity index (χ2v) is 6.36. The summed E-state index contributed by atoms with van der Waals surface area (Å²) >= 11 is 0. The van der Waals surface area contributed by atoms with E-state index in [4.69, 9.17) is 5.73 Å². The number of carboxylic acid groups (broad SMARTS) is 1. The quantitative estimate of drug-likeness (QED) is 0.680. The Morgan fingerprint density at radius 2 is 2.16 bits per heavy atom.